The third-order valence-electron chi connectivity index (χ3n) is 7.14. The Morgan fingerprint density at radius 2 is 1.00 bits per heavy atom. The van der Waals surface area contributed by atoms with Crippen LogP contribution in [0.15, 0.2) is 60.7 Å². The molecule has 0 aromatic heterocycles. The fourth-order valence-corrected chi connectivity index (χ4v) is 7.17. The predicted octanol–water partition coefficient (Wildman–Crippen LogP) is 3.01. The van der Waals surface area contributed by atoms with Crippen molar-refractivity contribution >= 4 is 31.0 Å². The van der Waals surface area contributed by atoms with Crippen LogP contribution in [-0.2, 0) is 36.6 Å². The van der Waals surface area contributed by atoms with E-state index in [1.807, 2.05) is 64.1 Å². The molecule has 0 bridgehead atoms. The fourth-order valence-electron chi connectivity index (χ4n) is 5.06. The lowest BCUT2D eigenvalue weighted by Gasteiger charge is -2.26. The molecule has 0 heterocycles. The Hall–Kier alpha value is -3.49. The van der Waals surface area contributed by atoms with Crippen LogP contribution in [0.4, 0.5) is 0 Å². The molecule has 0 spiro atoms. The molecule has 2 rings (SSSR count). The van der Waals surface area contributed by atoms with Crippen molar-refractivity contribution in [1.29, 1.82) is 0 Å². The van der Waals surface area contributed by atoms with Gasteiger partial charge in [0.05, 0.1) is 11.8 Å². The first kappa shape index (κ1) is 35.7. The topological polar surface area (TPSA) is 182 Å². The van der Waals surface area contributed by atoms with Crippen molar-refractivity contribution in [3.05, 3.63) is 71.8 Å². The molecule has 0 radical (unpaired) electrons. The Morgan fingerprint density at radius 3 is 1.28 bits per heavy atom. The number of hydrogen-bond donors (Lipinski definition) is 5. The zero-order valence-electron chi connectivity index (χ0n) is 25.6. The molecule has 10 nitrogen and oxygen atoms in total. The van der Waals surface area contributed by atoms with Gasteiger partial charge < -0.3 is 27.0 Å². The Labute approximate surface area is 254 Å². The molecule has 43 heavy (non-hydrogen) atoms. The SMILES string of the molecule is CC(C)C[C@H](NC(=O)C(Cc1ccccc1)CP(=O)(O)CC(Cc1ccccc1)C(=O)N[C@@H](CC(C)C)C(N)=O)C(N)=O. The number of carbonyl (C=O) groups excluding carboxylic acids is 4. The van der Waals surface area contributed by atoms with Gasteiger partial charge in [0.1, 0.15) is 12.1 Å². The van der Waals surface area contributed by atoms with Crippen LogP contribution in [0.5, 0.6) is 0 Å². The molecule has 0 aliphatic carbocycles. The van der Waals surface area contributed by atoms with Gasteiger partial charge in [-0.1, -0.05) is 88.4 Å². The van der Waals surface area contributed by atoms with E-state index in [-0.39, 0.29) is 24.7 Å². The van der Waals surface area contributed by atoms with Crippen molar-refractivity contribution in [2.45, 2.75) is 65.5 Å². The van der Waals surface area contributed by atoms with Crippen LogP contribution >= 0.6 is 7.37 Å². The molecule has 0 saturated heterocycles. The second kappa shape index (κ2) is 17.0. The second-order valence-corrected chi connectivity index (χ2v) is 14.6. The first-order chi connectivity index (χ1) is 20.2. The number of nitrogens with one attached hydrogen (secondary N) is 2. The summed E-state index contributed by atoms with van der Waals surface area (Å²) >= 11 is 0. The highest BCUT2D eigenvalue weighted by Crippen LogP contribution is 2.45. The van der Waals surface area contributed by atoms with Crippen LogP contribution in [0, 0.1) is 23.7 Å². The van der Waals surface area contributed by atoms with Crippen molar-refractivity contribution < 1.29 is 28.6 Å². The van der Waals surface area contributed by atoms with Crippen molar-refractivity contribution in [3.63, 3.8) is 0 Å². The van der Waals surface area contributed by atoms with Gasteiger partial charge in [0.2, 0.25) is 31.0 Å². The molecule has 0 aliphatic heterocycles. The Kier molecular flexibility index (Phi) is 14.1. The standard InChI is InChI=1S/C32H47N4O6P/c1-21(2)15-27(29(33)37)35-31(39)25(17-23-11-7-5-8-12-23)19-43(41,42)20-26(18-24-13-9-6-10-14-24)32(40)36-28(30(34)38)16-22(3)4/h5-14,21-22,25-28H,15-20H2,1-4H3,(H2,33,37)(H2,34,38)(H,35,39)(H,36,40)(H,41,42)/t25?,26?,27-,28-/m0/s1. The van der Waals surface area contributed by atoms with E-state index in [1.165, 1.54) is 0 Å². The van der Waals surface area contributed by atoms with Crippen LogP contribution in [0.3, 0.4) is 0 Å². The zero-order chi connectivity index (χ0) is 32.2. The van der Waals surface area contributed by atoms with Gasteiger partial charge in [-0.2, -0.15) is 0 Å². The number of carbonyl (C=O) groups is 4. The Balaban J connectivity index is 2.35. The van der Waals surface area contributed by atoms with Crippen LogP contribution in [0.1, 0.15) is 51.7 Å². The van der Waals surface area contributed by atoms with Gasteiger partial charge in [-0.05, 0) is 48.6 Å². The number of primary amides is 2. The monoisotopic (exact) mass is 614 g/mol. The fraction of sp³-hybridized carbons (Fsp3) is 0.500. The summed E-state index contributed by atoms with van der Waals surface area (Å²) < 4.78 is 13.8. The van der Waals surface area contributed by atoms with E-state index < -0.39 is 67.2 Å². The van der Waals surface area contributed by atoms with Crippen LogP contribution < -0.4 is 22.1 Å². The summed E-state index contributed by atoms with van der Waals surface area (Å²) in [5.74, 6) is -4.26. The summed E-state index contributed by atoms with van der Waals surface area (Å²) in [6, 6.07) is 16.3. The van der Waals surface area contributed by atoms with Crippen LogP contribution in [-0.4, -0.2) is 52.9 Å². The van der Waals surface area contributed by atoms with Gasteiger partial charge in [0.25, 0.3) is 0 Å². The highest BCUT2D eigenvalue weighted by molar-refractivity contribution is 7.58. The summed E-state index contributed by atoms with van der Waals surface area (Å²) in [6.45, 7) is 7.58. The van der Waals surface area contributed by atoms with Gasteiger partial charge >= 0.3 is 0 Å². The van der Waals surface area contributed by atoms with E-state index in [4.69, 9.17) is 11.5 Å². The molecule has 2 aromatic carbocycles. The molecule has 2 unspecified atom stereocenters. The summed E-state index contributed by atoms with van der Waals surface area (Å²) in [6.07, 6.45) is 0.130. The largest absolute Gasteiger partial charge is 0.368 e. The molecule has 0 aliphatic rings. The van der Waals surface area contributed by atoms with Gasteiger partial charge in [0.15, 0.2) is 0 Å². The first-order valence-corrected chi connectivity index (χ1v) is 16.8. The van der Waals surface area contributed by atoms with E-state index in [0.29, 0.717) is 12.8 Å². The molecule has 11 heteroatoms. The lowest BCUT2D eigenvalue weighted by molar-refractivity contribution is -0.129. The lowest BCUT2D eigenvalue weighted by Crippen LogP contribution is -2.49. The van der Waals surface area contributed by atoms with E-state index in [2.05, 4.69) is 10.6 Å². The number of hydrogen-bond acceptors (Lipinski definition) is 5. The van der Waals surface area contributed by atoms with Gasteiger partial charge in [0, 0.05) is 12.3 Å². The molecular weight excluding hydrogens is 567 g/mol. The minimum absolute atomic E-state index is 0.0755. The van der Waals surface area contributed by atoms with Gasteiger partial charge in [-0.15, -0.1) is 0 Å². The highest BCUT2D eigenvalue weighted by Gasteiger charge is 2.36. The van der Waals surface area contributed by atoms with E-state index in [0.717, 1.165) is 11.1 Å². The number of benzene rings is 2. The Bertz CT molecular complexity index is 1160. The molecule has 4 atom stereocenters. The van der Waals surface area contributed by atoms with E-state index in [1.54, 1.807) is 24.3 Å². The summed E-state index contributed by atoms with van der Waals surface area (Å²) in [4.78, 5) is 62.4. The smallest absolute Gasteiger partial charge is 0.240 e. The maximum atomic E-state index is 13.8. The molecule has 2 aromatic rings. The molecule has 7 N–H and O–H groups in total. The quantitative estimate of drug-likeness (QED) is 0.161. The third-order valence-corrected chi connectivity index (χ3v) is 9.16. The molecule has 4 amide bonds. The van der Waals surface area contributed by atoms with Crippen molar-refractivity contribution in [1.82, 2.24) is 10.6 Å². The van der Waals surface area contributed by atoms with Crippen LogP contribution in [0.2, 0.25) is 0 Å². The zero-order valence-corrected chi connectivity index (χ0v) is 26.5. The second-order valence-electron chi connectivity index (χ2n) is 12.2. The third kappa shape index (κ3) is 13.1. The highest BCUT2D eigenvalue weighted by atomic mass is 31.2. The predicted molar refractivity (Wildman–Crippen MR) is 168 cm³/mol. The van der Waals surface area contributed by atoms with E-state index >= 15 is 0 Å². The normalized spacial score (nSPS) is 15.6. The number of rotatable bonds is 18. The maximum absolute atomic E-state index is 13.8. The minimum atomic E-state index is -4.13. The average Bonchev–Trinajstić information content (AvgIpc) is 2.91. The first-order valence-electron chi connectivity index (χ1n) is 14.7. The minimum Gasteiger partial charge on any atom is -0.368 e. The van der Waals surface area contributed by atoms with Gasteiger partial charge in [-0.25, -0.2) is 0 Å². The maximum Gasteiger partial charge on any atom is 0.240 e. The summed E-state index contributed by atoms with van der Waals surface area (Å²) in [5, 5.41) is 5.37. The summed E-state index contributed by atoms with van der Waals surface area (Å²) in [5.41, 5.74) is 12.6. The number of amides is 4. The average molecular weight is 615 g/mol. The molecular formula is C32H47N4O6P. The lowest BCUT2D eigenvalue weighted by atomic mass is 9.98. The number of nitrogens with two attached hydrogens (primary N) is 2. The molecule has 0 fully saturated rings. The molecule has 0 saturated carbocycles. The van der Waals surface area contributed by atoms with E-state index in [9.17, 15) is 28.6 Å². The molecule has 236 valence electrons. The summed E-state index contributed by atoms with van der Waals surface area (Å²) in [7, 11) is -4.13. The van der Waals surface area contributed by atoms with Crippen molar-refractivity contribution in [2.75, 3.05) is 12.3 Å². The van der Waals surface area contributed by atoms with Crippen LogP contribution in [0.25, 0.3) is 0 Å². The van der Waals surface area contributed by atoms with Crippen molar-refractivity contribution in [2.24, 2.45) is 35.1 Å². The van der Waals surface area contributed by atoms with Crippen molar-refractivity contribution in [3.8, 4) is 0 Å². The Morgan fingerprint density at radius 1 is 0.674 bits per heavy atom. The van der Waals surface area contributed by atoms with Gasteiger partial charge in [-0.3, -0.25) is 23.7 Å².